The van der Waals surface area contributed by atoms with Gasteiger partial charge in [-0.3, -0.25) is 4.99 Å². The molecule has 0 aliphatic carbocycles. The van der Waals surface area contributed by atoms with Crippen LogP contribution in [0.1, 0.15) is 6.92 Å². The van der Waals surface area contributed by atoms with E-state index in [1.54, 1.807) is 0 Å². The summed E-state index contributed by atoms with van der Waals surface area (Å²) in [5.74, 6) is 2.55. The average Bonchev–Trinajstić information content (AvgIpc) is 2.17. The lowest BCUT2D eigenvalue weighted by Crippen LogP contribution is -2.30. The lowest BCUT2D eigenvalue weighted by atomic mass is 10.2. The smallest absolute Gasteiger partial charge is 0.404 e. The summed E-state index contributed by atoms with van der Waals surface area (Å²) in [6.07, 6.45) is -3.56. The van der Waals surface area contributed by atoms with E-state index >= 15 is 0 Å². The Balaban J connectivity index is 2.26. The summed E-state index contributed by atoms with van der Waals surface area (Å²) in [5, 5.41) is 5.05. The number of rotatable bonds is 1. The molecule has 0 spiro atoms. The van der Waals surface area contributed by atoms with Gasteiger partial charge in [-0.1, -0.05) is 5.92 Å². The van der Waals surface area contributed by atoms with Crippen molar-refractivity contribution in [2.75, 3.05) is 6.54 Å². The van der Waals surface area contributed by atoms with Gasteiger partial charge in [0.2, 0.25) is 0 Å². The fourth-order valence-electron chi connectivity index (χ4n) is 1.19. The third kappa shape index (κ3) is 2.16. The van der Waals surface area contributed by atoms with Crippen molar-refractivity contribution in [1.82, 2.24) is 5.01 Å². The van der Waals surface area contributed by atoms with Crippen molar-refractivity contribution in [2.24, 2.45) is 10.1 Å². The van der Waals surface area contributed by atoms with E-state index in [4.69, 9.17) is 0 Å². The van der Waals surface area contributed by atoms with Crippen LogP contribution in [0.15, 0.2) is 21.9 Å². The number of alkyl halides is 3. The first-order valence-corrected chi connectivity index (χ1v) is 4.32. The van der Waals surface area contributed by atoms with Crippen molar-refractivity contribution in [3.05, 3.63) is 11.8 Å². The Morgan fingerprint density at radius 3 is 2.94 bits per heavy atom. The van der Waals surface area contributed by atoms with Crippen molar-refractivity contribution >= 4 is 11.5 Å². The highest BCUT2D eigenvalue weighted by molar-refractivity contribution is 6.08. The molecule has 7 heteroatoms. The van der Waals surface area contributed by atoms with Crippen molar-refractivity contribution in [1.29, 1.82) is 0 Å². The highest BCUT2D eigenvalue weighted by Gasteiger charge is 2.34. The number of aliphatic imine (C=N–C) groups is 1. The van der Waals surface area contributed by atoms with Gasteiger partial charge in [0.1, 0.15) is 12.3 Å². The average molecular weight is 229 g/mol. The van der Waals surface area contributed by atoms with Crippen LogP contribution in [0.4, 0.5) is 13.2 Å². The predicted octanol–water partition coefficient (Wildman–Crippen LogP) is 1.47. The van der Waals surface area contributed by atoms with E-state index in [1.165, 1.54) is 18.0 Å². The fraction of sp³-hybridized carbons (Fsp3) is 0.333. The van der Waals surface area contributed by atoms with Crippen LogP contribution >= 0.6 is 0 Å². The van der Waals surface area contributed by atoms with Crippen LogP contribution in [0, 0.1) is 12.0 Å². The Kier molecular flexibility index (Phi) is 2.34. The van der Waals surface area contributed by atoms with Crippen LogP contribution in [0.2, 0.25) is 0 Å². The van der Waals surface area contributed by atoms with Gasteiger partial charge >= 0.3 is 6.36 Å². The molecule has 0 atom stereocenters. The minimum absolute atomic E-state index is 0.104. The van der Waals surface area contributed by atoms with Crippen molar-refractivity contribution in [3.8, 4) is 12.0 Å². The zero-order chi connectivity index (χ0) is 11.8. The van der Waals surface area contributed by atoms with Crippen molar-refractivity contribution in [3.63, 3.8) is 0 Å². The maximum atomic E-state index is 12.0. The van der Waals surface area contributed by atoms with E-state index in [-0.39, 0.29) is 23.9 Å². The van der Waals surface area contributed by atoms with Crippen LogP contribution in [-0.2, 0) is 4.74 Å². The summed E-state index contributed by atoms with van der Waals surface area (Å²) in [5.41, 5.74) is 0.104. The SMILES string of the molecule is CC1=NN2C#CCN=C2C=C1OC(F)(F)F. The fourth-order valence-corrected chi connectivity index (χ4v) is 1.19. The number of amidine groups is 1. The van der Waals surface area contributed by atoms with E-state index < -0.39 is 6.36 Å². The van der Waals surface area contributed by atoms with Crippen molar-refractivity contribution < 1.29 is 17.9 Å². The molecular formula is C9H6F3N3O. The molecule has 2 rings (SSSR count). The molecule has 2 aliphatic heterocycles. The summed E-state index contributed by atoms with van der Waals surface area (Å²) >= 11 is 0. The topological polar surface area (TPSA) is 37.2 Å². The molecule has 2 aliphatic rings. The molecule has 0 radical (unpaired) electrons. The second-order valence-electron chi connectivity index (χ2n) is 3.02. The lowest BCUT2D eigenvalue weighted by molar-refractivity contribution is -0.302. The largest absolute Gasteiger partial charge is 0.573 e. The van der Waals surface area contributed by atoms with Crippen LogP contribution in [-0.4, -0.2) is 29.5 Å². The molecule has 16 heavy (non-hydrogen) atoms. The van der Waals surface area contributed by atoms with Gasteiger partial charge in [-0.2, -0.15) is 10.1 Å². The summed E-state index contributed by atoms with van der Waals surface area (Å²) in [6, 6.07) is 2.62. The zero-order valence-electron chi connectivity index (χ0n) is 8.17. The third-order valence-electron chi connectivity index (χ3n) is 1.81. The van der Waals surface area contributed by atoms with Gasteiger partial charge in [0, 0.05) is 12.1 Å². The maximum absolute atomic E-state index is 12.0. The summed E-state index contributed by atoms with van der Waals surface area (Å²) < 4.78 is 39.9. The summed E-state index contributed by atoms with van der Waals surface area (Å²) in [4.78, 5) is 3.90. The Hall–Kier alpha value is -1.97. The molecule has 0 unspecified atom stereocenters. The molecule has 0 aromatic heterocycles. The molecule has 84 valence electrons. The van der Waals surface area contributed by atoms with E-state index in [9.17, 15) is 13.2 Å². The molecule has 0 aromatic rings. The minimum atomic E-state index is -4.73. The van der Waals surface area contributed by atoms with E-state index in [1.807, 2.05) is 0 Å². The van der Waals surface area contributed by atoms with Crippen LogP contribution in [0.3, 0.4) is 0 Å². The van der Waals surface area contributed by atoms with Crippen molar-refractivity contribution in [2.45, 2.75) is 13.3 Å². The van der Waals surface area contributed by atoms with Crippen LogP contribution in [0.5, 0.6) is 0 Å². The summed E-state index contributed by atoms with van der Waals surface area (Å²) in [7, 11) is 0. The quantitative estimate of drug-likeness (QED) is 0.638. The van der Waals surface area contributed by atoms with Gasteiger partial charge in [-0.25, -0.2) is 0 Å². The zero-order valence-corrected chi connectivity index (χ0v) is 8.17. The van der Waals surface area contributed by atoms with E-state index in [0.717, 1.165) is 0 Å². The maximum Gasteiger partial charge on any atom is 0.573 e. The molecule has 2 heterocycles. The number of hydrogen-bond donors (Lipinski definition) is 0. The number of fused-ring (bicyclic) bond motifs is 1. The first kappa shape index (κ1) is 10.5. The summed E-state index contributed by atoms with van der Waals surface area (Å²) in [6.45, 7) is 1.65. The van der Waals surface area contributed by atoms with Gasteiger partial charge in [-0.15, -0.1) is 13.2 Å². The molecule has 0 N–H and O–H groups in total. The Morgan fingerprint density at radius 1 is 1.50 bits per heavy atom. The Bertz CT molecular complexity index is 465. The minimum Gasteiger partial charge on any atom is -0.404 e. The number of hydrazone groups is 1. The van der Waals surface area contributed by atoms with E-state index in [2.05, 4.69) is 26.8 Å². The molecule has 0 aromatic carbocycles. The lowest BCUT2D eigenvalue weighted by Gasteiger charge is -2.22. The van der Waals surface area contributed by atoms with Gasteiger partial charge in [0.25, 0.3) is 0 Å². The third-order valence-corrected chi connectivity index (χ3v) is 1.81. The highest BCUT2D eigenvalue weighted by atomic mass is 19.4. The Labute approximate surface area is 89.1 Å². The first-order valence-electron chi connectivity index (χ1n) is 4.32. The molecule has 4 nitrogen and oxygen atoms in total. The second kappa shape index (κ2) is 3.56. The molecule has 0 saturated carbocycles. The molecule has 0 bridgehead atoms. The number of allylic oxidation sites excluding steroid dienone is 1. The predicted molar refractivity (Wildman–Crippen MR) is 50.2 cm³/mol. The normalized spacial score (nSPS) is 18.8. The number of nitrogens with zero attached hydrogens (tertiary/aromatic N) is 3. The van der Waals surface area contributed by atoms with E-state index in [0.29, 0.717) is 0 Å². The monoisotopic (exact) mass is 229 g/mol. The van der Waals surface area contributed by atoms with Gasteiger partial charge in [0.05, 0.1) is 0 Å². The standard InChI is InChI=1S/C9H6F3N3O/c1-6-7(16-9(10,11)12)5-8-13-3-2-4-15(8)14-6/h5H,3H2,1H3. The molecular weight excluding hydrogens is 223 g/mol. The van der Waals surface area contributed by atoms with Crippen LogP contribution in [0.25, 0.3) is 0 Å². The second-order valence-corrected chi connectivity index (χ2v) is 3.02. The Morgan fingerprint density at radius 2 is 2.25 bits per heavy atom. The number of ether oxygens (including phenoxy) is 1. The molecule has 0 fully saturated rings. The molecule has 0 saturated heterocycles. The molecule has 0 amide bonds. The van der Waals surface area contributed by atoms with Gasteiger partial charge < -0.3 is 4.74 Å². The van der Waals surface area contributed by atoms with Gasteiger partial charge in [0.15, 0.2) is 11.6 Å². The number of halogens is 3. The highest BCUT2D eigenvalue weighted by Crippen LogP contribution is 2.23. The van der Waals surface area contributed by atoms with Gasteiger partial charge in [-0.05, 0) is 6.92 Å². The van der Waals surface area contributed by atoms with Crippen LogP contribution < -0.4 is 0 Å². The number of hydrogen-bond acceptors (Lipinski definition) is 4. The first-order chi connectivity index (χ1) is 7.46.